The van der Waals surface area contributed by atoms with Crippen molar-refractivity contribution >= 4 is 23.6 Å². The summed E-state index contributed by atoms with van der Waals surface area (Å²) in [6, 6.07) is 5.46. The third-order valence-electron chi connectivity index (χ3n) is 3.98. The van der Waals surface area contributed by atoms with Crippen LogP contribution < -0.4 is 0 Å². The summed E-state index contributed by atoms with van der Waals surface area (Å²) >= 11 is 1.65. The van der Waals surface area contributed by atoms with E-state index in [4.69, 9.17) is 0 Å². The Morgan fingerprint density at radius 2 is 2.12 bits per heavy atom. The van der Waals surface area contributed by atoms with E-state index in [0.29, 0.717) is 24.6 Å². The molecule has 1 aliphatic rings. The van der Waals surface area contributed by atoms with Gasteiger partial charge in [-0.3, -0.25) is 14.6 Å². The number of carbonyl (C=O) groups excluding carboxylic acids is 2. The van der Waals surface area contributed by atoms with Crippen LogP contribution in [0.1, 0.15) is 32.9 Å². The summed E-state index contributed by atoms with van der Waals surface area (Å²) in [6.07, 6.45) is 2.95. The molecule has 1 fully saturated rings. The lowest BCUT2D eigenvalue weighted by Crippen LogP contribution is -2.48. The van der Waals surface area contributed by atoms with Crippen molar-refractivity contribution < 1.29 is 9.59 Å². The molecule has 1 aromatic heterocycles. The molecule has 6 heteroatoms. The summed E-state index contributed by atoms with van der Waals surface area (Å²) in [6.45, 7) is 6.75. The molecule has 0 aliphatic carbocycles. The van der Waals surface area contributed by atoms with Gasteiger partial charge in [-0.2, -0.15) is 0 Å². The lowest BCUT2D eigenvalue weighted by atomic mass is 9.91. The molecule has 1 aromatic rings. The first-order valence-electron chi connectivity index (χ1n) is 8.30. The van der Waals surface area contributed by atoms with E-state index in [0.717, 1.165) is 12.1 Å². The van der Waals surface area contributed by atoms with Crippen LogP contribution in [0, 0.1) is 5.41 Å². The van der Waals surface area contributed by atoms with Crippen LogP contribution in [0.2, 0.25) is 0 Å². The Balaban J connectivity index is 1.93. The first-order valence-corrected chi connectivity index (χ1v) is 9.45. The lowest BCUT2D eigenvalue weighted by molar-refractivity contribution is -0.143. The second-order valence-corrected chi connectivity index (χ2v) is 8.45. The minimum absolute atomic E-state index is 0.0261. The quantitative estimate of drug-likeness (QED) is 0.819. The highest BCUT2D eigenvalue weighted by Gasteiger charge is 2.37. The third kappa shape index (κ3) is 5.23. The van der Waals surface area contributed by atoms with Crippen LogP contribution in [0.25, 0.3) is 0 Å². The molecule has 2 amide bonds. The van der Waals surface area contributed by atoms with Gasteiger partial charge in [0.1, 0.15) is 6.04 Å². The smallest absolute Gasteiger partial charge is 0.246 e. The second kappa shape index (κ2) is 8.01. The van der Waals surface area contributed by atoms with Gasteiger partial charge in [0, 0.05) is 44.1 Å². The Hall–Kier alpha value is -1.56. The Kier molecular flexibility index (Phi) is 6.27. The molecule has 0 radical (unpaired) electrons. The number of nitrogens with zero attached hydrogens (tertiary/aromatic N) is 3. The summed E-state index contributed by atoms with van der Waals surface area (Å²) in [7, 11) is 1.81. The topological polar surface area (TPSA) is 53.5 Å². The van der Waals surface area contributed by atoms with Crippen molar-refractivity contribution in [1.29, 1.82) is 0 Å². The van der Waals surface area contributed by atoms with E-state index in [9.17, 15) is 9.59 Å². The monoisotopic (exact) mass is 349 g/mol. The highest BCUT2D eigenvalue weighted by atomic mass is 32.2. The van der Waals surface area contributed by atoms with Crippen molar-refractivity contribution in [3.63, 3.8) is 0 Å². The largest absolute Gasteiger partial charge is 0.344 e. The predicted molar refractivity (Wildman–Crippen MR) is 97.6 cm³/mol. The van der Waals surface area contributed by atoms with E-state index in [2.05, 4.69) is 4.98 Å². The molecule has 0 N–H and O–H groups in total. The summed E-state index contributed by atoms with van der Waals surface area (Å²) in [5.74, 6) is 1.39. The molecule has 2 rings (SSSR count). The molecule has 1 atom stereocenters. The van der Waals surface area contributed by atoms with E-state index in [-0.39, 0.29) is 23.3 Å². The van der Waals surface area contributed by atoms with E-state index in [1.807, 2.05) is 39.0 Å². The number of hydrogen-bond donors (Lipinski definition) is 0. The Morgan fingerprint density at radius 1 is 1.38 bits per heavy atom. The number of carbonyl (C=O) groups is 2. The summed E-state index contributed by atoms with van der Waals surface area (Å²) < 4.78 is 0. The van der Waals surface area contributed by atoms with Crippen LogP contribution in [-0.4, -0.2) is 57.9 Å². The molecular formula is C18H27N3O2S. The highest BCUT2D eigenvalue weighted by molar-refractivity contribution is 7.99. The fraction of sp³-hybridized carbons (Fsp3) is 0.611. The molecule has 0 unspecified atom stereocenters. The van der Waals surface area contributed by atoms with Crippen molar-refractivity contribution in [3.8, 4) is 0 Å². The van der Waals surface area contributed by atoms with Gasteiger partial charge in [0.05, 0.1) is 5.88 Å². The fourth-order valence-electron chi connectivity index (χ4n) is 2.64. The molecule has 2 heterocycles. The molecule has 0 spiro atoms. The van der Waals surface area contributed by atoms with Gasteiger partial charge in [-0.25, -0.2) is 0 Å². The number of likely N-dealkylation sites (N-methyl/N-ethyl adjacent to an activating group) is 1. The molecule has 0 saturated carbocycles. The molecule has 24 heavy (non-hydrogen) atoms. The van der Waals surface area contributed by atoms with Crippen molar-refractivity contribution in [2.75, 3.05) is 25.2 Å². The van der Waals surface area contributed by atoms with Gasteiger partial charge in [0.15, 0.2) is 0 Å². The van der Waals surface area contributed by atoms with Gasteiger partial charge in [-0.15, -0.1) is 11.8 Å². The molecule has 132 valence electrons. The number of amides is 2. The van der Waals surface area contributed by atoms with Crippen LogP contribution >= 0.6 is 11.8 Å². The SMILES string of the molecule is CN(CCc1ccccn1)C(=O)[C@@H]1CSCN1C(=O)CC(C)(C)C. The zero-order valence-electron chi connectivity index (χ0n) is 15.0. The predicted octanol–water partition coefficient (Wildman–Crippen LogP) is 2.42. The number of pyridine rings is 1. The van der Waals surface area contributed by atoms with Crippen molar-refractivity contribution in [1.82, 2.24) is 14.8 Å². The van der Waals surface area contributed by atoms with Gasteiger partial charge < -0.3 is 9.80 Å². The van der Waals surface area contributed by atoms with Gasteiger partial charge in [-0.1, -0.05) is 26.8 Å². The number of thioether (sulfide) groups is 1. The van der Waals surface area contributed by atoms with E-state index < -0.39 is 0 Å². The van der Waals surface area contributed by atoms with E-state index in [1.54, 1.807) is 34.8 Å². The van der Waals surface area contributed by atoms with Gasteiger partial charge in [-0.05, 0) is 17.5 Å². The van der Waals surface area contributed by atoms with Crippen LogP contribution in [0.4, 0.5) is 0 Å². The minimum Gasteiger partial charge on any atom is -0.344 e. The number of aromatic nitrogens is 1. The van der Waals surface area contributed by atoms with Gasteiger partial charge in [0.25, 0.3) is 0 Å². The van der Waals surface area contributed by atoms with Crippen LogP contribution in [-0.2, 0) is 16.0 Å². The summed E-state index contributed by atoms with van der Waals surface area (Å²) in [5.41, 5.74) is 0.904. The molecule has 5 nitrogen and oxygen atoms in total. The molecule has 0 bridgehead atoms. The first-order chi connectivity index (χ1) is 11.3. The molecule has 1 saturated heterocycles. The number of hydrogen-bond acceptors (Lipinski definition) is 4. The average Bonchev–Trinajstić information content (AvgIpc) is 3.01. The van der Waals surface area contributed by atoms with Crippen LogP contribution in [0.3, 0.4) is 0 Å². The zero-order valence-corrected chi connectivity index (χ0v) is 15.8. The van der Waals surface area contributed by atoms with Crippen molar-refractivity contribution in [2.24, 2.45) is 5.41 Å². The normalized spacial score (nSPS) is 17.8. The van der Waals surface area contributed by atoms with Gasteiger partial charge >= 0.3 is 0 Å². The minimum atomic E-state index is -0.335. The fourth-order valence-corrected chi connectivity index (χ4v) is 3.81. The van der Waals surface area contributed by atoms with Gasteiger partial charge in [0.2, 0.25) is 11.8 Å². The Labute approximate surface area is 148 Å². The van der Waals surface area contributed by atoms with E-state index >= 15 is 0 Å². The Morgan fingerprint density at radius 3 is 2.75 bits per heavy atom. The third-order valence-corrected chi connectivity index (χ3v) is 4.99. The maximum atomic E-state index is 12.7. The molecule has 1 aliphatic heterocycles. The van der Waals surface area contributed by atoms with Crippen LogP contribution in [0.15, 0.2) is 24.4 Å². The highest BCUT2D eigenvalue weighted by Crippen LogP contribution is 2.27. The molecular weight excluding hydrogens is 322 g/mol. The molecule has 0 aromatic carbocycles. The summed E-state index contributed by atoms with van der Waals surface area (Å²) in [4.78, 5) is 33.0. The lowest BCUT2D eigenvalue weighted by Gasteiger charge is -2.29. The zero-order chi connectivity index (χ0) is 17.7. The van der Waals surface area contributed by atoms with Crippen molar-refractivity contribution in [3.05, 3.63) is 30.1 Å². The maximum absolute atomic E-state index is 12.7. The van der Waals surface area contributed by atoms with Crippen molar-refractivity contribution in [2.45, 2.75) is 39.7 Å². The number of rotatable bonds is 5. The second-order valence-electron chi connectivity index (χ2n) is 7.45. The Bertz CT molecular complexity index is 571. The summed E-state index contributed by atoms with van der Waals surface area (Å²) in [5, 5.41) is 0. The van der Waals surface area contributed by atoms with Crippen LogP contribution in [0.5, 0.6) is 0 Å². The standard InChI is InChI=1S/C18H27N3O2S/c1-18(2,3)11-16(22)21-13-24-12-15(21)17(23)20(4)10-8-14-7-5-6-9-19-14/h5-7,9,15H,8,10-13H2,1-4H3/t15-/m0/s1. The van der Waals surface area contributed by atoms with E-state index in [1.165, 1.54) is 0 Å². The average molecular weight is 350 g/mol. The maximum Gasteiger partial charge on any atom is 0.246 e. The first kappa shape index (κ1) is 18.8.